The van der Waals surface area contributed by atoms with Gasteiger partial charge in [0.2, 0.25) is 0 Å². The zero-order valence-corrected chi connectivity index (χ0v) is 18.8. The molecule has 4 nitrogen and oxygen atoms in total. The van der Waals surface area contributed by atoms with Crippen molar-refractivity contribution in [3.8, 4) is 11.5 Å². The Morgan fingerprint density at radius 1 is 1.06 bits per heavy atom. The summed E-state index contributed by atoms with van der Waals surface area (Å²) in [6, 6.07) is 8.88. The Labute approximate surface area is 189 Å². The average Bonchev–Trinajstić information content (AvgIpc) is 2.74. The predicted octanol–water partition coefficient (Wildman–Crippen LogP) is 6.42. The van der Waals surface area contributed by atoms with Crippen LogP contribution in [0, 0.1) is 33.5 Å². The highest BCUT2D eigenvalue weighted by Gasteiger charge is 2.33. The highest BCUT2D eigenvalue weighted by Crippen LogP contribution is 2.33. The summed E-state index contributed by atoms with van der Waals surface area (Å²) in [6.45, 7) is 5.70. The minimum Gasteiger partial charge on any atom is -0.452 e. The summed E-state index contributed by atoms with van der Waals surface area (Å²) in [6.07, 6.45) is 1.16. The second-order valence-corrected chi connectivity index (χ2v) is 7.95. The number of pyridine rings is 1. The molecule has 3 aromatic rings. The van der Waals surface area contributed by atoms with Gasteiger partial charge in [0.25, 0.3) is 11.8 Å². The molecule has 1 heterocycles. The summed E-state index contributed by atoms with van der Waals surface area (Å²) >= 11 is 6.04. The van der Waals surface area contributed by atoms with Crippen molar-refractivity contribution in [2.75, 3.05) is 6.54 Å². The van der Waals surface area contributed by atoms with Crippen molar-refractivity contribution < 1.29 is 22.7 Å². The van der Waals surface area contributed by atoms with Gasteiger partial charge in [-0.25, -0.2) is 9.37 Å². The normalized spacial score (nSPS) is 11.4. The van der Waals surface area contributed by atoms with E-state index in [1.807, 2.05) is 6.92 Å². The summed E-state index contributed by atoms with van der Waals surface area (Å²) < 4.78 is 49.4. The topological polar surface area (TPSA) is 51.2 Å². The maximum atomic E-state index is 14.7. The van der Waals surface area contributed by atoms with Crippen molar-refractivity contribution in [2.45, 2.75) is 33.6 Å². The molecule has 1 aromatic heterocycles. The summed E-state index contributed by atoms with van der Waals surface area (Å²) in [7, 11) is 0. The van der Waals surface area contributed by atoms with Crippen LogP contribution in [0.1, 0.15) is 38.2 Å². The largest absolute Gasteiger partial charge is 0.452 e. The van der Waals surface area contributed by atoms with E-state index in [0.29, 0.717) is 5.56 Å². The van der Waals surface area contributed by atoms with Crippen LogP contribution in [0.5, 0.6) is 11.5 Å². The van der Waals surface area contributed by atoms with Crippen molar-refractivity contribution in [1.82, 2.24) is 10.3 Å². The molecule has 0 aliphatic heterocycles. The maximum Gasteiger partial charge on any atom is 0.290 e. The van der Waals surface area contributed by atoms with E-state index in [4.69, 9.17) is 16.3 Å². The number of nitrogens with one attached hydrogen (secondary N) is 1. The minimum absolute atomic E-state index is 0.00753. The van der Waals surface area contributed by atoms with Crippen LogP contribution >= 0.6 is 11.6 Å². The molecule has 0 atom stereocenters. The number of hydrogen-bond acceptors (Lipinski definition) is 3. The summed E-state index contributed by atoms with van der Waals surface area (Å²) in [5, 5.41) is 2.25. The smallest absolute Gasteiger partial charge is 0.290 e. The summed E-state index contributed by atoms with van der Waals surface area (Å²) in [5.74, 6) is -4.96. The number of alkyl halides is 2. The van der Waals surface area contributed by atoms with E-state index in [2.05, 4.69) is 10.3 Å². The molecule has 0 aliphatic carbocycles. The van der Waals surface area contributed by atoms with E-state index in [0.717, 1.165) is 17.3 Å². The van der Waals surface area contributed by atoms with Crippen molar-refractivity contribution in [3.63, 3.8) is 0 Å². The van der Waals surface area contributed by atoms with Gasteiger partial charge < -0.3 is 10.1 Å². The monoisotopic (exact) mass is 462 g/mol. The van der Waals surface area contributed by atoms with Crippen LogP contribution in [0.15, 0.2) is 42.6 Å². The number of rotatable bonds is 6. The maximum absolute atomic E-state index is 14.7. The van der Waals surface area contributed by atoms with Gasteiger partial charge in [-0.05, 0) is 56.5 Å². The molecule has 0 spiro atoms. The summed E-state index contributed by atoms with van der Waals surface area (Å²) in [4.78, 5) is 16.8. The van der Waals surface area contributed by atoms with Gasteiger partial charge in [0.15, 0.2) is 17.3 Å². The van der Waals surface area contributed by atoms with Gasteiger partial charge >= 0.3 is 0 Å². The lowest BCUT2D eigenvalue weighted by molar-refractivity contribution is -0.00257. The Balaban J connectivity index is 1.88. The van der Waals surface area contributed by atoms with Gasteiger partial charge in [-0.3, -0.25) is 4.79 Å². The zero-order valence-electron chi connectivity index (χ0n) is 18.0. The first-order chi connectivity index (χ1) is 15.0. The Bertz CT molecular complexity index is 1180. The third-order valence-corrected chi connectivity index (χ3v) is 5.61. The molecule has 0 bridgehead atoms. The van der Waals surface area contributed by atoms with Crippen molar-refractivity contribution in [3.05, 3.63) is 86.9 Å². The predicted molar refractivity (Wildman–Crippen MR) is 117 cm³/mol. The van der Waals surface area contributed by atoms with Crippen LogP contribution in [-0.2, 0) is 5.92 Å². The fraction of sp³-hybridized carbons (Fsp3) is 0.250. The number of benzene rings is 2. The van der Waals surface area contributed by atoms with Crippen molar-refractivity contribution in [2.24, 2.45) is 0 Å². The van der Waals surface area contributed by atoms with Crippen LogP contribution in [-0.4, -0.2) is 17.4 Å². The van der Waals surface area contributed by atoms with Gasteiger partial charge in [0.1, 0.15) is 5.15 Å². The molecule has 0 unspecified atom stereocenters. The highest BCUT2D eigenvalue weighted by atomic mass is 35.5. The van der Waals surface area contributed by atoms with E-state index in [-0.39, 0.29) is 33.3 Å². The Kier molecular flexibility index (Phi) is 6.79. The third kappa shape index (κ3) is 4.88. The standard InChI is InChI=1S/C24H22ClF3N2O2/c1-13-8-9-17(10-15(13)3)24(27,28)12-30-23(31)20-16(4)22(25)29-11-19(20)32-18-7-5-6-14(2)21(18)26/h5-11H,12H2,1-4H3,(H,30,31). The molecule has 168 valence electrons. The van der Waals surface area contributed by atoms with E-state index < -0.39 is 24.2 Å². The fourth-order valence-electron chi connectivity index (χ4n) is 3.09. The number of aromatic nitrogens is 1. The van der Waals surface area contributed by atoms with Gasteiger partial charge in [-0.1, -0.05) is 35.9 Å². The fourth-order valence-corrected chi connectivity index (χ4v) is 3.24. The SMILES string of the molecule is Cc1ccc(C(F)(F)CNC(=O)c2c(Oc3cccc(C)c3F)cnc(Cl)c2C)cc1C. The number of hydrogen-bond donors (Lipinski definition) is 1. The first-order valence-corrected chi connectivity index (χ1v) is 10.2. The van der Waals surface area contributed by atoms with Crippen LogP contribution in [0.25, 0.3) is 0 Å². The van der Waals surface area contributed by atoms with E-state index >= 15 is 0 Å². The molecule has 2 aromatic carbocycles. The van der Waals surface area contributed by atoms with Crippen molar-refractivity contribution in [1.29, 1.82) is 0 Å². The third-order valence-electron chi connectivity index (χ3n) is 5.23. The number of carbonyl (C=O) groups is 1. The summed E-state index contributed by atoms with van der Waals surface area (Å²) in [5.41, 5.74) is 1.89. The minimum atomic E-state index is -3.30. The number of amides is 1. The second kappa shape index (κ2) is 9.20. The molecular formula is C24H22ClF3N2O2. The lowest BCUT2D eigenvalue weighted by Gasteiger charge is -2.20. The molecule has 0 radical (unpaired) electrons. The number of halogens is 4. The Morgan fingerprint density at radius 2 is 1.78 bits per heavy atom. The Morgan fingerprint density at radius 3 is 2.47 bits per heavy atom. The molecule has 0 aliphatic rings. The first kappa shape index (κ1) is 23.6. The molecule has 0 saturated heterocycles. The number of ether oxygens (including phenoxy) is 1. The molecule has 1 N–H and O–H groups in total. The molecular weight excluding hydrogens is 441 g/mol. The number of nitrogens with zero attached hydrogens (tertiary/aromatic N) is 1. The molecule has 0 fully saturated rings. The van der Waals surface area contributed by atoms with Crippen LogP contribution in [0.3, 0.4) is 0 Å². The van der Waals surface area contributed by atoms with Crippen LogP contribution in [0.4, 0.5) is 13.2 Å². The van der Waals surface area contributed by atoms with Gasteiger partial charge in [0, 0.05) is 11.1 Å². The van der Waals surface area contributed by atoms with Gasteiger partial charge in [0.05, 0.1) is 18.3 Å². The van der Waals surface area contributed by atoms with Crippen LogP contribution in [0.2, 0.25) is 5.15 Å². The molecule has 3 rings (SSSR count). The highest BCUT2D eigenvalue weighted by molar-refractivity contribution is 6.30. The lowest BCUT2D eigenvalue weighted by atomic mass is 10.0. The lowest BCUT2D eigenvalue weighted by Crippen LogP contribution is -2.35. The van der Waals surface area contributed by atoms with Crippen LogP contribution < -0.4 is 10.1 Å². The van der Waals surface area contributed by atoms with Gasteiger partial charge in [-0.15, -0.1) is 0 Å². The first-order valence-electron chi connectivity index (χ1n) is 9.83. The molecule has 8 heteroatoms. The van der Waals surface area contributed by atoms with Gasteiger partial charge in [-0.2, -0.15) is 8.78 Å². The molecule has 0 saturated carbocycles. The average molecular weight is 463 g/mol. The molecule has 32 heavy (non-hydrogen) atoms. The van der Waals surface area contributed by atoms with E-state index in [1.165, 1.54) is 25.1 Å². The van der Waals surface area contributed by atoms with E-state index in [1.54, 1.807) is 32.0 Å². The quantitative estimate of drug-likeness (QED) is 0.430. The number of carbonyl (C=O) groups excluding carboxylic acids is 1. The van der Waals surface area contributed by atoms with E-state index in [9.17, 15) is 18.0 Å². The Hall–Kier alpha value is -3.06. The molecule has 1 amide bonds. The van der Waals surface area contributed by atoms with Crippen molar-refractivity contribution >= 4 is 17.5 Å². The second-order valence-electron chi connectivity index (χ2n) is 7.59. The zero-order chi connectivity index (χ0) is 23.6. The number of aryl methyl sites for hydroxylation is 3.